The van der Waals surface area contributed by atoms with Gasteiger partial charge in [-0.25, -0.2) is 9.18 Å². The van der Waals surface area contributed by atoms with E-state index in [0.717, 1.165) is 36.1 Å². The zero-order chi connectivity index (χ0) is 19.4. The van der Waals surface area contributed by atoms with E-state index in [0.29, 0.717) is 18.2 Å². The van der Waals surface area contributed by atoms with E-state index in [1.165, 1.54) is 16.7 Å². The smallest absolute Gasteiger partial charge is 0.413 e. The van der Waals surface area contributed by atoms with E-state index in [1.807, 2.05) is 13.0 Å². The van der Waals surface area contributed by atoms with Crippen molar-refractivity contribution in [3.63, 3.8) is 0 Å². The van der Waals surface area contributed by atoms with Crippen LogP contribution in [0.3, 0.4) is 0 Å². The van der Waals surface area contributed by atoms with E-state index in [-0.39, 0.29) is 0 Å². The van der Waals surface area contributed by atoms with Crippen molar-refractivity contribution in [2.45, 2.75) is 52.6 Å². The van der Waals surface area contributed by atoms with Crippen LogP contribution < -0.4 is 10.1 Å². The first-order valence-corrected chi connectivity index (χ1v) is 9.38. The second kappa shape index (κ2) is 8.42. The molecule has 0 aliphatic heterocycles. The number of alkyl halides is 1. The molecular weight excluding hydrogens is 345 g/mol. The molecule has 4 nitrogen and oxygen atoms in total. The van der Waals surface area contributed by atoms with Crippen molar-refractivity contribution in [1.82, 2.24) is 0 Å². The molecule has 0 atom stereocenters. The Morgan fingerprint density at radius 1 is 1.22 bits per heavy atom. The Morgan fingerprint density at radius 2 is 2.00 bits per heavy atom. The largest absolute Gasteiger partial charge is 0.489 e. The van der Waals surface area contributed by atoms with Gasteiger partial charge in [-0.15, -0.1) is 0 Å². The lowest BCUT2D eigenvalue weighted by atomic mass is 10.0. The van der Waals surface area contributed by atoms with E-state index in [4.69, 9.17) is 4.74 Å². The highest BCUT2D eigenvalue weighted by Crippen LogP contribution is 2.43. The van der Waals surface area contributed by atoms with Gasteiger partial charge in [0.25, 0.3) is 0 Å². The Balaban J connectivity index is 1.85. The Hall–Kier alpha value is -2.56. The first-order valence-electron chi connectivity index (χ1n) is 9.38. The van der Waals surface area contributed by atoms with Gasteiger partial charge in [-0.05, 0) is 73.4 Å². The van der Waals surface area contributed by atoms with Gasteiger partial charge in [0.05, 0.1) is 5.69 Å². The average molecular weight is 371 g/mol. The lowest BCUT2D eigenvalue weighted by molar-refractivity contribution is 0.111. The first-order chi connectivity index (χ1) is 13.0. The number of anilines is 1. The van der Waals surface area contributed by atoms with Crippen LogP contribution >= 0.6 is 0 Å². The molecule has 1 aliphatic carbocycles. The molecule has 3 rings (SSSR count). The van der Waals surface area contributed by atoms with Gasteiger partial charge in [-0.3, -0.25) is 5.32 Å². The third kappa shape index (κ3) is 4.59. The van der Waals surface area contributed by atoms with Crippen LogP contribution in [-0.4, -0.2) is 13.0 Å². The molecule has 0 heterocycles. The number of ether oxygens (including phenoxy) is 2. The Labute approximate surface area is 159 Å². The number of carbonyl (C=O) groups is 1. The van der Waals surface area contributed by atoms with Gasteiger partial charge < -0.3 is 9.47 Å². The number of hydrogen-bond acceptors (Lipinski definition) is 3. The maximum absolute atomic E-state index is 12.3. The van der Waals surface area contributed by atoms with Crippen LogP contribution in [0.1, 0.15) is 53.5 Å². The molecule has 2 aromatic rings. The zero-order valence-corrected chi connectivity index (χ0v) is 16.1. The van der Waals surface area contributed by atoms with Crippen molar-refractivity contribution in [3.05, 3.63) is 58.1 Å². The molecule has 1 fully saturated rings. The monoisotopic (exact) mass is 371 g/mol. The molecule has 1 amide bonds. The van der Waals surface area contributed by atoms with Crippen molar-refractivity contribution in [2.75, 3.05) is 12.2 Å². The van der Waals surface area contributed by atoms with Crippen LogP contribution in [0.2, 0.25) is 0 Å². The maximum atomic E-state index is 12.3. The number of halogens is 1. The molecule has 27 heavy (non-hydrogen) atoms. The quantitative estimate of drug-likeness (QED) is 0.669. The summed E-state index contributed by atoms with van der Waals surface area (Å²) in [5, 5.41) is 2.63. The highest BCUT2D eigenvalue weighted by Gasteiger charge is 2.27. The second-order valence-electron chi connectivity index (χ2n) is 7.00. The molecular formula is C22H26FNO3. The van der Waals surface area contributed by atoms with Crippen molar-refractivity contribution < 1.29 is 18.7 Å². The molecule has 1 aliphatic rings. The maximum Gasteiger partial charge on any atom is 0.413 e. The summed E-state index contributed by atoms with van der Waals surface area (Å²) in [6.45, 7) is 5.45. The number of aryl methyl sites for hydroxylation is 3. The molecule has 0 unspecified atom stereocenters. The van der Waals surface area contributed by atoms with Crippen LogP contribution in [0.15, 0.2) is 30.3 Å². The highest BCUT2D eigenvalue weighted by molar-refractivity contribution is 5.86. The van der Waals surface area contributed by atoms with Gasteiger partial charge in [0.15, 0.2) is 0 Å². The molecule has 0 bridgehead atoms. The van der Waals surface area contributed by atoms with Crippen molar-refractivity contribution in [1.29, 1.82) is 0 Å². The summed E-state index contributed by atoms with van der Waals surface area (Å²) in [4.78, 5) is 11.7. The second-order valence-corrected chi connectivity index (χ2v) is 7.00. The number of benzene rings is 2. The Kier molecular flexibility index (Phi) is 5.99. The molecule has 2 aromatic carbocycles. The minimum atomic E-state index is -1.15. The number of nitrogens with one attached hydrogen (secondary N) is 1. The summed E-state index contributed by atoms with van der Waals surface area (Å²) in [5.41, 5.74) is 6.32. The van der Waals surface area contributed by atoms with Gasteiger partial charge in [0.2, 0.25) is 6.86 Å². The van der Waals surface area contributed by atoms with E-state index in [9.17, 15) is 9.18 Å². The van der Waals surface area contributed by atoms with Crippen LogP contribution in [0.5, 0.6) is 5.75 Å². The normalized spacial score (nSPS) is 13.3. The zero-order valence-electron chi connectivity index (χ0n) is 16.1. The number of rotatable bonds is 7. The Bertz CT molecular complexity index is 831. The fourth-order valence-corrected chi connectivity index (χ4v) is 3.39. The van der Waals surface area contributed by atoms with Gasteiger partial charge in [-0.2, -0.15) is 0 Å². The summed E-state index contributed by atoms with van der Waals surface area (Å²) in [7, 11) is 0. The molecule has 1 N–H and O–H groups in total. The van der Waals surface area contributed by atoms with Crippen LogP contribution in [0.25, 0.3) is 0 Å². The summed E-state index contributed by atoms with van der Waals surface area (Å²) >= 11 is 0. The molecule has 0 radical (unpaired) electrons. The van der Waals surface area contributed by atoms with Crippen molar-refractivity contribution in [2.24, 2.45) is 0 Å². The summed E-state index contributed by atoms with van der Waals surface area (Å²) in [5.74, 6) is 1.33. The topological polar surface area (TPSA) is 47.6 Å². The molecule has 1 saturated carbocycles. The van der Waals surface area contributed by atoms with E-state index in [1.54, 1.807) is 6.07 Å². The van der Waals surface area contributed by atoms with Gasteiger partial charge in [-0.1, -0.05) is 25.1 Å². The fourth-order valence-electron chi connectivity index (χ4n) is 3.39. The number of carbonyl (C=O) groups excluding carboxylic acids is 1. The lowest BCUT2D eigenvalue weighted by Crippen LogP contribution is -2.15. The van der Waals surface area contributed by atoms with Gasteiger partial charge in [0, 0.05) is 5.56 Å². The fraction of sp³-hybridized carbons (Fsp3) is 0.409. The minimum absolute atomic E-state index is 0.337. The summed E-state index contributed by atoms with van der Waals surface area (Å²) in [6.07, 6.45) is 2.46. The standard InChI is InChI=1S/C22H26FNO3/c1-4-16-10-15(3)21(11-14(16)2)26-12-19-18(17-8-9-17)6-5-7-20(19)24-22(25)27-13-23/h5-7,10-11,17H,4,8-9,12-13H2,1-3H3,(H,24,25). The Morgan fingerprint density at radius 3 is 2.67 bits per heavy atom. The van der Waals surface area contributed by atoms with Crippen molar-refractivity contribution in [3.8, 4) is 5.75 Å². The molecule has 0 spiro atoms. The highest BCUT2D eigenvalue weighted by atomic mass is 19.1. The van der Waals surface area contributed by atoms with Crippen molar-refractivity contribution >= 4 is 11.8 Å². The van der Waals surface area contributed by atoms with E-state index >= 15 is 0 Å². The summed E-state index contributed by atoms with van der Waals surface area (Å²) < 4.78 is 22.8. The predicted molar refractivity (Wildman–Crippen MR) is 104 cm³/mol. The third-order valence-electron chi connectivity index (χ3n) is 5.04. The van der Waals surface area contributed by atoms with Crippen LogP contribution in [0, 0.1) is 13.8 Å². The predicted octanol–water partition coefficient (Wildman–Crippen LogP) is 5.80. The van der Waals surface area contributed by atoms with E-state index in [2.05, 4.69) is 42.1 Å². The third-order valence-corrected chi connectivity index (χ3v) is 5.04. The molecule has 144 valence electrons. The van der Waals surface area contributed by atoms with Gasteiger partial charge >= 0.3 is 6.09 Å². The van der Waals surface area contributed by atoms with Crippen LogP contribution in [-0.2, 0) is 17.8 Å². The average Bonchev–Trinajstić information content (AvgIpc) is 3.48. The SMILES string of the molecule is CCc1cc(C)c(OCc2c(NC(=O)OCF)cccc2C2CC2)cc1C. The first kappa shape index (κ1) is 19.2. The van der Waals surface area contributed by atoms with Gasteiger partial charge in [0.1, 0.15) is 12.4 Å². The lowest BCUT2D eigenvalue weighted by Gasteiger charge is -2.18. The minimum Gasteiger partial charge on any atom is -0.489 e. The number of hydrogen-bond donors (Lipinski definition) is 1. The van der Waals surface area contributed by atoms with Crippen LogP contribution in [0.4, 0.5) is 14.9 Å². The van der Waals surface area contributed by atoms with E-state index < -0.39 is 13.0 Å². The molecule has 0 saturated heterocycles. The molecule has 0 aromatic heterocycles. The summed E-state index contributed by atoms with van der Waals surface area (Å²) in [6, 6.07) is 9.99. The molecule has 5 heteroatoms. The number of amides is 1.